The van der Waals surface area contributed by atoms with Crippen LogP contribution in [0.25, 0.3) is 11.0 Å². The summed E-state index contributed by atoms with van der Waals surface area (Å²) >= 11 is 6.09. The number of dihydropyridines is 1. The Kier molecular flexibility index (Phi) is 5.38. The highest BCUT2D eigenvalue weighted by molar-refractivity contribution is 6.20. The summed E-state index contributed by atoms with van der Waals surface area (Å²) < 4.78 is 13.4. The standard InChI is InChI=1S/C22H26ClN7O2/c1-28-7-9-30(10-8-28)16-6-5-14-22(26-16)27-21(24-14)13-11-15(31-3)19-18(20(13)32-4)25-17(12-23)29(19)2/h5-6,11,14H,7-10,12H2,1-4H3. The first-order valence-electron chi connectivity index (χ1n) is 10.6. The fraction of sp³-hybridized carbons (Fsp3) is 0.455. The number of amidine groups is 3. The molecule has 0 N–H and O–H groups in total. The van der Waals surface area contributed by atoms with E-state index in [0.29, 0.717) is 28.7 Å². The van der Waals surface area contributed by atoms with Gasteiger partial charge in [0, 0.05) is 33.2 Å². The molecule has 1 saturated heterocycles. The number of piperazine rings is 1. The Bertz CT molecular complexity index is 1190. The van der Waals surface area contributed by atoms with Crippen molar-refractivity contribution >= 4 is 40.1 Å². The summed E-state index contributed by atoms with van der Waals surface area (Å²) in [4.78, 5) is 23.7. The van der Waals surface area contributed by atoms with Gasteiger partial charge in [-0.05, 0) is 25.3 Å². The van der Waals surface area contributed by atoms with Gasteiger partial charge in [-0.15, -0.1) is 11.6 Å². The smallest absolute Gasteiger partial charge is 0.161 e. The quantitative estimate of drug-likeness (QED) is 0.659. The number of fused-ring (bicyclic) bond motifs is 2. The molecule has 1 unspecified atom stereocenters. The second-order valence-corrected chi connectivity index (χ2v) is 8.33. The number of halogens is 1. The third-order valence-electron chi connectivity index (χ3n) is 6.17. The van der Waals surface area contributed by atoms with Crippen LogP contribution < -0.4 is 9.47 Å². The van der Waals surface area contributed by atoms with Crippen molar-refractivity contribution in [1.82, 2.24) is 19.4 Å². The Hall–Kier alpha value is -2.91. The van der Waals surface area contributed by atoms with Crippen LogP contribution in [-0.4, -0.2) is 90.3 Å². The zero-order chi connectivity index (χ0) is 22.4. The lowest BCUT2D eigenvalue weighted by Crippen LogP contribution is -2.47. The summed E-state index contributed by atoms with van der Waals surface area (Å²) in [6.07, 6.45) is 4.11. The summed E-state index contributed by atoms with van der Waals surface area (Å²) in [5.74, 6) is 4.48. The van der Waals surface area contributed by atoms with Gasteiger partial charge in [0.15, 0.2) is 17.4 Å². The van der Waals surface area contributed by atoms with Crippen LogP contribution in [0, 0.1) is 0 Å². The highest BCUT2D eigenvalue weighted by Gasteiger charge is 2.30. The lowest BCUT2D eigenvalue weighted by molar-refractivity contribution is 0.216. The highest BCUT2D eigenvalue weighted by atomic mass is 35.5. The largest absolute Gasteiger partial charge is 0.494 e. The predicted molar refractivity (Wildman–Crippen MR) is 127 cm³/mol. The number of ether oxygens (including phenoxy) is 2. The second-order valence-electron chi connectivity index (χ2n) is 8.06. The Balaban J connectivity index is 1.55. The monoisotopic (exact) mass is 455 g/mol. The van der Waals surface area contributed by atoms with E-state index in [4.69, 9.17) is 36.1 Å². The van der Waals surface area contributed by atoms with Crippen LogP contribution in [0.3, 0.4) is 0 Å². The minimum Gasteiger partial charge on any atom is -0.494 e. The van der Waals surface area contributed by atoms with E-state index in [1.54, 1.807) is 14.2 Å². The molecule has 0 saturated carbocycles. The van der Waals surface area contributed by atoms with Crippen LogP contribution in [0.4, 0.5) is 0 Å². The topological polar surface area (TPSA) is 79.8 Å². The molecule has 0 bridgehead atoms. The van der Waals surface area contributed by atoms with Crippen molar-refractivity contribution in [1.29, 1.82) is 0 Å². The van der Waals surface area contributed by atoms with E-state index in [1.165, 1.54) is 0 Å². The van der Waals surface area contributed by atoms with Crippen molar-refractivity contribution in [3.8, 4) is 11.5 Å². The molecule has 1 aromatic carbocycles. The molecule has 0 radical (unpaired) electrons. The number of benzene rings is 1. The second kappa shape index (κ2) is 8.22. The maximum absolute atomic E-state index is 6.09. The van der Waals surface area contributed by atoms with Gasteiger partial charge in [-0.1, -0.05) is 0 Å². The maximum Gasteiger partial charge on any atom is 0.161 e. The van der Waals surface area contributed by atoms with E-state index in [9.17, 15) is 0 Å². The third-order valence-corrected chi connectivity index (χ3v) is 6.41. The van der Waals surface area contributed by atoms with Crippen LogP contribution in [0.2, 0.25) is 0 Å². The zero-order valence-corrected chi connectivity index (χ0v) is 19.4. The molecular weight excluding hydrogens is 430 g/mol. The third kappa shape index (κ3) is 3.36. The number of aromatic nitrogens is 2. The number of hydrogen-bond donors (Lipinski definition) is 0. The molecule has 1 fully saturated rings. The highest BCUT2D eigenvalue weighted by Crippen LogP contribution is 2.38. The van der Waals surface area contributed by atoms with Crippen molar-refractivity contribution in [2.75, 3.05) is 47.4 Å². The molecule has 0 spiro atoms. The van der Waals surface area contributed by atoms with Gasteiger partial charge >= 0.3 is 0 Å². The van der Waals surface area contributed by atoms with Crippen LogP contribution in [0.15, 0.2) is 33.2 Å². The number of alkyl halides is 1. The Morgan fingerprint density at radius 3 is 2.56 bits per heavy atom. The lowest BCUT2D eigenvalue weighted by Gasteiger charge is -2.34. The Morgan fingerprint density at radius 2 is 1.88 bits per heavy atom. The first kappa shape index (κ1) is 21.0. The summed E-state index contributed by atoms with van der Waals surface area (Å²) in [6.45, 7) is 3.96. The molecule has 3 aliphatic rings. The summed E-state index contributed by atoms with van der Waals surface area (Å²) in [5.41, 5.74) is 2.22. The number of rotatable bonds is 4. The predicted octanol–water partition coefficient (Wildman–Crippen LogP) is 2.07. The molecule has 0 amide bonds. The average Bonchev–Trinajstić information content (AvgIpc) is 3.39. The summed E-state index contributed by atoms with van der Waals surface area (Å²) in [6, 6.07) is 1.70. The molecular formula is C22H26ClN7O2. The van der Waals surface area contributed by atoms with Gasteiger partial charge in [-0.3, -0.25) is 4.99 Å². The van der Waals surface area contributed by atoms with Crippen molar-refractivity contribution in [3.05, 3.63) is 29.6 Å². The number of likely N-dealkylation sites (N-methyl/N-ethyl adjacent to an activating group) is 1. The normalized spacial score (nSPS) is 20.8. The average molecular weight is 456 g/mol. The first-order valence-corrected chi connectivity index (χ1v) is 11.1. The number of nitrogens with zero attached hydrogens (tertiary/aromatic N) is 7. The van der Waals surface area contributed by atoms with Gasteiger partial charge in [0.25, 0.3) is 0 Å². The van der Waals surface area contributed by atoms with Gasteiger partial charge in [0.1, 0.15) is 34.5 Å². The SMILES string of the molecule is COc1c(C2=NC3C=CC(N4CCN(C)CC4)=NC3=N2)cc(OC)c2c1nc(CCl)n2C. The number of hydrogen-bond acceptors (Lipinski definition) is 8. The van der Waals surface area contributed by atoms with Gasteiger partial charge in [-0.2, -0.15) is 0 Å². The van der Waals surface area contributed by atoms with Crippen molar-refractivity contribution < 1.29 is 9.47 Å². The molecule has 9 nitrogen and oxygen atoms in total. The van der Waals surface area contributed by atoms with E-state index in [0.717, 1.165) is 48.9 Å². The van der Waals surface area contributed by atoms with Crippen LogP contribution in [0.5, 0.6) is 11.5 Å². The van der Waals surface area contributed by atoms with Crippen molar-refractivity contribution in [2.45, 2.75) is 11.9 Å². The molecule has 168 valence electrons. The summed E-state index contributed by atoms with van der Waals surface area (Å²) in [5, 5.41) is 0. The van der Waals surface area contributed by atoms with E-state index in [-0.39, 0.29) is 11.9 Å². The van der Waals surface area contributed by atoms with Gasteiger partial charge < -0.3 is 23.8 Å². The van der Waals surface area contributed by atoms with Gasteiger partial charge in [-0.25, -0.2) is 15.0 Å². The van der Waals surface area contributed by atoms with Crippen LogP contribution in [0.1, 0.15) is 11.4 Å². The Morgan fingerprint density at radius 1 is 1.09 bits per heavy atom. The van der Waals surface area contributed by atoms with E-state index in [2.05, 4.69) is 27.9 Å². The van der Waals surface area contributed by atoms with E-state index >= 15 is 0 Å². The minimum atomic E-state index is -0.199. The fourth-order valence-electron chi connectivity index (χ4n) is 4.31. The first-order chi connectivity index (χ1) is 15.5. The molecule has 1 aromatic heterocycles. The molecule has 5 rings (SSSR count). The maximum atomic E-state index is 6.09. The molecule has 4 heterocycles. The molecule has 3 aliphatic heterocycles. The fourth-order valence-corrected chi connectivity index (χ4v) is 4.55. The summed E-state index contributed by atoms with van der Waals surface area (Å²) in [7, 11) is 7.31. The lowest BCUT2D eigenvalue weighted by atomic mass is 10.1. The molecule has 0 aliphatic carbocycles. The minimum absolute atomic E-state index is 0.199. The van der Waals surface area contributed by atoms with Crippen molar-refractivity contribution in [2.24, 2.45) is 22.0 Å². The van der Waals surface area contributed by atoms with Gasteiger partial charge in [0.05, 0.1) is 25.7 Å². The van der Waals surface area contributed by atoms with E-state index in [1.807, 2.05) is 23.8 Å². The van der Waals surface area contributed by atoms with Crippen LogP contribution in [-0.2, 0) is 12.9 Å². The van der Waals surface area contributed by atoms with E-state index < -0.39 is 0 Å². The zero-order valence-electron chi connectivity index (χ0n) is 18.7. The molecule has 1 atom stereocenters. The molecule has 10 heteroatoms. The van der Waals surface area contributed by atoms with Crippen molar-refractivity contribution in [3.63, 3.8) is 0 Å². The number of methoxy groups -OCH3 is 2. The number of aliphatic imine (C=N–C) groups is 3. The van der Waals surface area contributed by atoms with Gasteiger partial charge in [0.2, 0.25) is 0 Å². The molecule has 32 heavy (non-hydrogen) atoms. The van der Waals surface area contributed by atoms with Crippen LogP contribution >= 0.6 is 11.6 Å². The number of aryl methyl sites for hydroxylation is 1. The number of imidazole rings is 1. The Labute approximate surface area is 191 Å². The molecule has 2 aromatic rings.